The van der Waals surface area contributed by atoms with Gasteiger partial charge in [0.15, 0.2) is 0 Å². The van der Waals surface area contributed by atoms with Gasteiger partial charge >= 0.3 is 5.97 Å². The summed E-state index contributed by atoms with van der Waals surface area (Å²) in [6.45, 7) is 5.79. The Morgan fingerprint density at radius 2 is 2.14 bits per heavy atom. The lowest BCUT2D eigenvalue weighted by Crippen LogP contribution is -2.23. The van der Waals surface area contributed by atoms with Crippen molar-refractivity contribution in [1.29, 1.82) is 0 Å². The first kappa shape index (κ1) is 14.9. The second kappa shape index (κ2) is 6.30. The molecule has 2 rings (SSSR count). The molecule has 2 heterocycles. The minimum absolute atomic E-state index is 0.289. The van der Waals surface area contributed by atoms with Crippen molar-refractivity contribution in [3.05, 3.63) is 46.7 Å². The maximum Gasteiger partial charge on any atom is 0.340 e. The number of H-pyrrole nitrogens is 1. The van der Waals surface area contributed by atoms with Crippen LogP contribution in [0.15, 0.2) is 22.8 Å². The number of carbonyl (C=O) groups excluding carboxylic acids is 2. The van der Waals surface area contributed by atoms with Crippen LogP contribution in [-0.2, 0) is 11.3 Å². The molecule has 0 spiro atoms. The van der Waals surface area contributed by atoms with Crippen LogP contribution in [0.2, 0.25) is 0 Å². The molecule has 0 fully saturated rings. The number of carbonyl (C=O) groups is 2. The van der Waals surface area contributed by atoms with Crippen LogP contribution in [0.1, 0.15) is 44.8 Å². The Bertz CT molecular complexity index is 641. The van der Waals surface area contributed by atoms with Crippen LogP contribution < -0.4 is 5.32 Å². The van der Waals surface area contributed by atoms with Gasteiger partial charge in [-0.1, -0.05) is 0 Å². The van der Waals surface area contributed by atoms with Gasteiger partial charge in [-0.3, -0.25) is 4.79 Å². The van der Waals surface area contributed by atoms with E-state index in [9.17, 15) is 9.59 Å². The van der Waals surface area contributed by atoms with Crippen LogP contribution in [0.4, 0.5) is 0 Å². The third kappa shape index (κ3) is 3.16. The third-order valence-corrected chi connectivity index (χ3v) is 3.15. The number of ether oxygens (including phenoxy) is 1. The number of amides is 1. The first-order valence-electron chi connectivity index (χ1n) is 6.71. The monoisotopic (exact) mass is 290 g/mol. The summed E-state index contributed by atoms with van der Waals surface area (Å²) >= 11 is 0. The zero-order valence-electron chi connectivity index (χ0n) is 12.3. The molecule has 6 nitrogen and oxygen atoms in total. The standard InChI is InChI=1S/C15H18N2O4/c1-4-20-15(19)12-9(2)13(17-10(12)3)14(18)16-8-11-6-5-7-21-11/h5-7,17H,4,8H2,1-3H3,(H,16,18). The minimum Gasteiger partial charge on any atom is -0.467 e. The van der Waals surface area contributed by atoms with Crippen molar-refractivity contribution in [2.45, 2.75) is 27.3 Å². The van der Waals surface area contributed by atoms with E-state index in [4.69, 9.17) is 9.15 Å². The molecule has 1 amide bonds. The van der Waals surface area contributed by atoms with Crippen LogP contribution >= 0.6 is 0 Å². The van der Waals surface area contributed by atoms with Gasteiger partial charge in [-0.25, -0.2) is 4.79 Å². The minimum atomic E-state index is -0.422. The van der Waals surface area contributed by atoms with Gasteiger partial charge in [0.1, 0.15) is 11.5 Å². The lowest BCUT2D eigenvalue weighted by Gasteiger charge is -2.04. The highest BCUT2D eigenvalue weighted by Crippen LogP contribution is 2.19. The smallest absolute Gasteiger partial charge is 0.340 e. The average molecular weight is 290 g/mol. The lowest BCUT2D eigenvalue weighted by atomic mass is 10.1. The summed E-state index contributed by atoms with van der Waals surface area (Å²) in [6, 6.07) is 3.53. The highest BCUT2D eigenvalue weighted by Gasteiger charge is 2.22. The van der Waals surface area contributed by atoms with Gasteiger partial charge in [-0.15, -0.1) is 0 Å². The van der Waals surface area contributed by atoms with Crippen LogP contribution in [0, 0.1) is 13.8 Å². The van der Waals surface area contributed by atoms with Crippen molar-refractivity contribution in [2.24, 2.45) is 0 Å². The molecule has 0 saturated carbocycles. The number of aromatic nitrogens is 1. The predicted molar refractivity (Wildman–Crippen MR) is 76.1 cm³/mol. The van der Waals surface area contributed by atoms with E-state index < -0.39 is 5.97 Å². The molecule has 21 heavy (non-hydrogen) atoms. The molecule has 0 radical (unpaired) electrons. The largest absolute Gasteiger partial charge is 0.467 e. The molecule has 0 aromatic carbocycles. The van der Waals surface area contributed by atoms with Crippen molar-refractivity contribution in [3.8, 4) is 0 Å². The number of nitrogens with one attached hydrogen (secondary N) is 2. The molecule has 0 aliphatic carbocycles. The summed E-state index contributed by atoms with van der Waals surface area (Å²) in [7, 11) is 0. The molecule has 0 bridgehead atoms. The number of rotatable bonds is 5. The Labute approximate surface area is 122 Å². The zero-order valence-corrected chi connectivity index (χ0v) is 12.3. The van der Waals surface area contributed by atoms with Crippen molar-refractivity contribution < 1.29 is 18.7 Å². The van der Waals surface area contributed by atoms with E-state index in [1.54, 1.807) is 39.2 Å². The highest BCUT2D eigenvalue weighted by atomic mass is 16.5. The fourth-order valence-corrected chi connectivity index (χ4v) is 2.16. The van der Waals surface area contributed by atoms with Gasteiger partial charge in [0.2, 0.25) is 0 Å². The second-order valence-corrected chi connectivity index (χ2v) is 4.61. The Hall–Kier alpha value is -2.50. The van der Waals surface area contributed by atoms with Crippen LogP contribution in [0.5, 0.6) is 0 Å². The van der Waals surface area contributed by atoms with Crippen molar-refractivity contribution >= 4 is 11.9 Å². The number of furan rings is 1. The molecule has 2 aromatic heterocycles. The second-order valence-electron chi connectivity index (χ2n) is 4.61. The van der Waals surface area contributed by atoms with Crippen molar-refractivity contribution in [2.75, 3.05) is 6.61 Å². The van der Waals surface area contributed by atoms with E-state index in [-0.39, 0.29) is 12.5 Å². The maximum atomic E-state index is 12.2. The summed E-state index contributed by atoms with van der Waals surface area (Å²) in [5, 5.41) is 2.74. The quantitative estimate of drug-likeness (QED) is 0.828. The summed E-state index contributed by atoms with van der Waals surface area (Å²) in [5.41, 5.74) is 1.99. The molecule has 0 unspecified atom stereocenters. The molecule has 2 N–H and O–H groups in total. The molecule has 6 heteroatoms. The van der Waals surface area contributed by atoms with E-state index in [0.717, 1.165) is 0 Å². The molecular weight excluding hydrogens is 272 g/mol. The summed E-state index contributed by atoms with van der Waals surface area (Å²) in [4.78, 5) is 27.0. The van der Waals surface area contributed by atoms with Gasteiger partial charge in [-0.2, -0.15) is 0 Å². The Morgan fingerprint density at radius 1 is 1.38 bits per heavy atom. The van der Waals surface area contributed by atoms with Gasteiger partial charge < -0.3 is 19.5 Å². The first-order chi connectivity index (χ1) is 10.0. The number of aromatic amines is 1. The normalized spacial score (nSPS) is 10.4. The van der Waals surface area contributed by atoms with E-state index in [1.165, 1.54) is 0 Å². The van der Waals surface area contributed by atoms with Gasteiger partial charge in [0, 0.05) is 5.69 Å². The number of hydrogen-bond donors (Lipinski definition) is 2. The van der Waals surface area contributed by atoms with Crippen LogP contribution in [0.25, 0.3) is 0 Å². The SMILES string of the molecule is CCOC(=O)c1c(C)[nH]c(C(=O)NCc2ccco2)c1C. The Morgan fingerprint density at radius 3 is 2.76 bits per heavy atom. The lowest BCUT2D eigenvalue weighted by molar-refractivity contribution is 0.0525. The molecular formula is C15H18N2O4. The molecule has 112 valence electrons. The summed E-state index contributed by atoms with van der Waals surface area (Å²) in [6.07, 6.45) is 1.55. The topological polar surface area (TPSA) is 84.3 Å². The fourth-order valence-electron chi connectivity index (χ4n) is 2.16. The predicted octanol–water partition coefficient (Wildman–Crippen LogP) is 2.33. The van der Waals surface area contributed by atoms with E-state index >= 15 is 0 Å². The molecule has 0 aliphatic rings. The van der Waals surface area contributed by atoms with E-state index in [0.29, 0.717) is 34.9 Å². The first-order valence-corrected chi connectivity index (χ1v) is 6.71. The number of hydrogen-bond acceptors (Lipinski definition) is 4. The van der Waals surface area contributed by atoms with E-state index in [1.807, 2.05) is 0 Å². The van der Waals surface area contributed by atoms with Crippen molar-refractivity contribution in [3.63, 3.8) is 0 Å². The van der Waals surface area contributed by atoms with Crippen molar-refractivity contribution in [1.82, 2.24) is 10.3 Å². The summed E-state index contributed by atoms with van der Waals surface area (Å²) in [5.74, 6) is -0.0497. The maximum absolute atomic E-state index is 12.2. The summed E-state index contributed by atoms with van der Waals surface area (Å²) < 4.78 is 10.1. The fraction of sp³-hybridized carbons (Fsp3) is 0.333. The molecule has 0 aliphatic heterocycles. The van der Waals surface area contributed by atoms with E-state index in [2.05, 4.69) is 10.3 Å². The molecule has 2 aromatic rings. The number of aryl methyl sites for hydroxylation is 1. The van der Waals surface area contributed by atoms with Crippen LogP contribution in [-0.4, -0.2) is 23.5 Å². The van der Waals surface area contributed by atoms with Gasteiger partial charge in [0.05, 0.1) is 25.0 Å². The molecule has 0 saturated heterocycles. The third-order valence-electron chi connectivity index (χ3n) is 3.15. The Kier molecular flexibility index (Phi) is 4.47. The number of esters is 1. The highest BCUT2D eigenvalue weighted by molar-refractivity contribution is 6.00. The zero-order chi connectivity index (χ0) is 15.4. The van der Waals surface area contributed by atoms with Crippen LogP contribution in [0.3, 0.4) is 0 Å². The Balaban J connectivity index is 2.14. The molecule has 0 atom stereocenters. The average Bonchev–Trinajstić information content (AvgIpc) is 3.04. The van der Waals surface area contributed by atoms with Gasteiger partial charge in [-0.05, 0) is 38.5 Å². The van der Waals surface area contributed by atoms with Gasteiger partial charge in [0.25, 0.3) is 5.91 Å².